The summed E-state index contributed by atoms with van der Waals surface area (Å²) < 4.78 is 7.07. The SMILES string of the molecule is C=CCn1c(S[C@H](C)C(=O)Nc2cc(C)on2)nnc1C1CCCCC1. The van der Waals surface area contributed by atoms with Crippen molar-refractivity contribution in [2.45, 2.75) is 68.8 Å². The second kappa shape index (κ2) is 8.53. The van der Waals surface area contributed by atoms with Crippen LogP contribution in [0.1, 0.15) is 56.5 Å². The van der Waals surface area contributed by atoms with Crippen LogP contribution in [0.5, 0.6) is 0 Å². The number of allylic oxidation sites excluding steroid dienone is 1. The van der Waals surface area contributed by atoms with Crippen molar-refractivity contribution < 1.29 is 9.32 Å². The molecule has 1 fully saturated rings. The van der Waals surface area contributed by atoms with E-state index >= 15 is 0 Å². The molecule has 1 aliphatic rings. The Morgan fingerprint density at radius 1 is 1.46 bits per heavy atom. The van der Waals surface area contributed by atoms with Crippen molar-refractivity contribution >= 4 is 23.5 Å². The van der Waals surface area contributed by atoms with Gasteiger partial charge in [0.05, 0.1) is 5.25 Å². The van der Waals surface area contributed by atoms with E-state index in [0.29, 0.717) is 24.0 Å². The lowest BCUT2D eigenvalue weighted by molar-refractivity contribution is -0.115. The highest BCUT2D eigenvalue weighted by molar-refractivity contribution is 8.00. The molecule has 0 spiro atoms. The van der Waals surface area contributed by atoms with Crippen LogP contribution in [0.3, 0.4) is 0 Å². The fourth-order valence-electron chi connectivity index (χ4n) is 3.22. The summed E-state index contributed by atoms with van der Waals surface area (Å²) >= 11 is 1.40. The highest BCUT2D eigenvalue weighted by Gasteiger charge is 2.25. The minimum atomic E-state index is -0.334. The molecule has 0 unspecified atom stereocenters. The summed E-state index contributed by atoms with van der Waals surface area (Å²) in [6.45, 7) is 8.13. The predicted octanol–water partition coefficient (Wildman–Crippen LogP) is 3.93. The van der Waals surface area contributed by atoms with Gasteiger partial charge < -0.3 is 14.4 Å². The Kier molecular flexibility index (Phi) is 6.13. The normalized spacial score (nSPS) is 16.4. The lowest BCUT2D eigenvalue weighted by Crippen LogP contribution is -2.23. The van der Waals surface area contributed by atoms with Crippen LogP contribution in [0.2, 0.25) is 0 Å². The Bertz CT molecular complexity index is 763. The van der Waals surface area contributed by atoms with Gasteiger partial charge in [-0.05, 0) is 26.7 Å². The van der Waals surface area contributed by atoms with Crippen LogP contribution < -0.4 is 5.32 Å². The van der Waals surface area contributed by atoms with E-state index in [1.807, 2.05) is 13.0 Å². The molecule has 26 heavy (non-hydrogen) atoms. The highest BCUT2D eigenvalue weighted by atomic mass is 32.2. The zero-order valence-corrected chi connectivity index (χ0v) is 16.1. The minimum absolute atomic E-state index is 0.143. The molecule has 0 saturated heterocycles. The van der Waals surface area contributed by atoms with Gasteiger partial charge in [0, 0.05) is 18.5 Å². The fraction of sp³-hybridized carbons (Fsp3) is 0.556. The maximum Gasteiger partial charge on any atom is 0.238 e. The van der Waals surface area contributed by atoms with Crippen LogP contribution >= 0.6 is 11.8 Å². The maximum atomic E-state index is 12.4. The second-order valence-corrected chi connectivity index (χ2v) is 7.96. The van der Waals surface area contributed by atoms with Crippen molar-refractivity contribution in [3.63, 3.8) is 0 Å². The molecular formula is C18H25N5O2S. The summed E-state index contributed by atoms with van der Waals surface area (Å²) in [5.74, 6) is 2.41. The summed E-state index contributed by atoms with van der Waals surface area (Å²) in [4.78, 5) is 12.4. The van der Waals surface area contributed by atoms with E-state index in [2.05, 4.69) is 31.8 Å². The van der Waals surface area contributed by atoms with Gasteiger partial charge in [0.2, 0.25) is 5.91 Å². The summed E-state index contributed by atoms with van der Waals surface area (Å²) in [5, 5.41) is 15.8. The number of aryl methyl sites for hydroxylation is 1. The molecule has 1 saturated carbocycles. The van der Waals surface area contributed by atoms with Crippen molar-refractivity contribution in [3.8, 4) is 0 Å². The molecule has 0 bridgehead atoms. The largest absolute Gasteiger partial charge is 0.360 e. The summed E-state index contributed by atoms with van der Waals surface area (Å²) in [6.07, 6.45) is 7.94. The van der Waals surface area contributed by atoms with E-state index in [-0.39, 0.29) is 11.2 Å². The highest BCUT2D eigenvalue weighted by Crippen LogP contribution is 2.34. The molecule has 0 aromatic carbocycles. The number of carbonyl (C=O) groups excluding carboxylic acids is 1. The number of hydrogen-bond donors (Lipinski definition) is 1. The lowest BCUT2D eigenvalue weighted by atomic mass is 9.89. The smallest absolute Gasteiger partial charge is 0.238 e. The van der Waals surface area contributed by atoms with Gasteiger partial charge in [-0.1, -0.05) is 42.3 Å². The van der Waals surface area contributed by atoms with E-state index in [0.717, 1.165) is 23.8 Å². The molecule has 0 radical (unpaired) electrons. The molecule has 2 heterocycles. The number of nitrogens with zero attached hydrogens (tertiary/aromatic N) is 4. The number of hydrogen-bond acceptors (Lipinski definition) is 6. The van der Waals surface area contributed by atoms with Crippen molar-refractivity contribution in [2.75, 3.05) is 5.32 Å². The molecule has 1 N–H and O–H groups in total. The van der Waals surface area contributed by atoms with Crippen LogP contribution in [0.4, 0.5) is 5.82 Å². The zero-order chi connectivity index (χ0) is 18.5. The molecule has 2 aromatic heterocycles. The number of thioether (sulfide) groups is 1. The van der Waals surface area contributed by atoms with Gasteiger partial charge >= 0.3 is 0 Å². The molecule has 140 valence electrons. The number of nitrogens with one attached hydrogen (secondary N) is 1. The molecule has 0 aliphatic heterocycles. The van der Waals surface area contributed by atoms with Crippen LogP contribution in [0.25, 0.3) is 0 Å². The van der Waals surface area contributed by atoms with Crippen molar-refractivity contribution in [1.82, 2.24) is 19.9 Å². The molecule has 1 amide bonds. The average Bonchev–Trinajstić information content (AvgIpc) is 3.22. The van der Waals surface area contributed by atoms with E-state index in [1.165, 1.54) is 31.0 Å². The third-order valence-electron chi connectivity index (χ3n) is 4.56. The summed E-state index contributed by atoms with van der Waals surface area (Å²) in [5.41, 5.74) is 0. The second-order valence-electron chi connectivity index (χ2n) is 6.65. The van der Waals surface area contributed by atoms with Crippen molar-refractivity contribution in [2.24, 2.45) is 0 Å². The van der Waals surface area contributed by atoms with Gasteiger partial charge in [0.25, 0.3) is 0 Å². The first-order chi connectivity index (χ1) is 12.6. The summed E-state index contributed by atoms with van der Waals surface area (Å²) in [7, 11) is 0. The zero-order valence-electron chi connectivity index (χ0n) is 15.3. The average molecular weight is 375 g/mol. The van der Waals surface area contributed by atoms with Crippen LogP contribution in [0, 0.1) is 6.92 Å². The molecule has 8 heteroatoms. The van der Waals surface area contributed by atoms with Crippen LogP contribution in [-0.2, 0) is 11.3 Å². The van der Waals surface area contributed by atoms with E-state index in [1.54, 1.807) is 13.0 Å². The topological polar surface area (TPSA) is 85.8 Å². The quantitative estimate of drug-likeness (QED) is 0.583. The van der Waals surface area contributed by atoms with Gasteiger partial charge in [-0.15, -0.1) is 16.8 Å². The Morgan fingerprint density at radius 2 is 2.23 bits per heavy atom. The molecule has 7 nitrogen and oxygen atoms in total. The Balaban J connectivity index is 1.70. The van der Waals surface area contributed by atoms with E-state index in [9.17, 15) is 4.79 Å². The van der Waals surface area contributed by atoms with Crippen LogP contribution in [-0.4, -0.2) is 31.1 Å². The first kappa shape index (κ1) is 18.7. The van der Waals surface area contributed by atoms with E-state index in [4.69, 9.17) is 4.52 Å². The monoisotopic (exact) mass is 375 g/mol. The van der Waals surface area contributed by atoms with Crippen molar-refractivity contribution in [1.29, 1.82) is 0 Å². The predicted molar refractivity (Wildman–Crippen MR) is 101 cm³/mol. The Hall–Kier alpha value is -2.09. The summed E-state index contributed by atoms with van der Waals surface area (Å²) in [6, 6.07) is 1.69. The lowest BCUT2D eigenvalue weighted by Gasteiger charge is -2.21. The third-order valence-corrected chi connectivity index (χ3v) is 5.64. The first-order valence-electron chi connectivity index (χ1n) is 9.03. The standard InChI is InChI=1S/C18H25N5O2S/c1-4-10-23-16(14-8-6-5-7-9-14)20-21-18(23)26-13(3)17(24)19-15-11-12(2)25-22-15/h4,11,13-14H,1,5-10H2,2-3H3,(H,19,22,24)/t13-/m1/s1. The molecule has 1 atom stereocenters. The molecule has 1 aliphatic carbocycles. The van der Waals surface area contributed by atoms with Gasteiger partial charge in [-0.3, -0.25) is 4.79 Å². The van der Waals surface area contributed by atoms with Gasteiger partial charge in [-0.2, -0.15) is 0 Å². The van der Waals surface area contributed by atoms with E-state index < -0.39 is 0 Å². The first-order valence-corrected chi connectivity index (χ1v) is 9.91. The number of rotatable bonds is 7. The Morgan fingerprint density at radius 3 is 2.88 bits per heavy atom. The van der Waals surface area contributed by atoms with Crippen LogP contribution in [0.15, 0.2) is 28.4 Å². The Labute approximate surface area is 157 Å². The van der Waals surface area contributed by atoms with Gasteiger partial charge in [0.1, 0.15) is 11.6 Å². The van der Waals surface area contributed by atoms with Gasteiger partial charge in [0.15, 0.2) is 11.0 Å². The maximum absolute atomic E-state index is 12.4. The number of amides is 1. The number of anilines is 1. The fourth-order valence-corrected chi connectivity index (χ4v) is 4.08. The molecule has 2 aromatic rings. The minimum Gasteiger partial charge on any atom is -0.360 e. The number of carbonyl (C=O) groups is 1. The molecular weight excluding hydrogens is 350 g/mol. The van der Waals surface area contributed by atoms with Crippen molar-refractivity contribution in [3.05, 3.63) is 30.3 Å². The number of aromatic nitrogens is 4. The third kappa shape index (κ3) is 4.35. The van der Waals surface area contributed by atoms with Gasteiger partial charge in [-0.25, -0.2) is 0 Å². The molecule has 3 rings (SSSR count).